The molecule has 0 spiro atoms. The van der Waals surface area contributed by atoms with E-state index in [9.17, 15) is 4.79 Å². The summed E-state index contributed by atoms with van der Waals surface area (Å²) in [5.41, 5.74) is 0.0490. The Morgan fingerprint density at radius 3 is 2.79 bits per heavy atom. The summed E-state index contributed by atoms with van der Waals surface area (Å²) in [6.07, 6.45) is 1.84. The minimum Gasteiger partial charge on any atom is -0.317 e. The average Bonchev–Trinajstić information content (AvgIpc) is 2.14. The Labute approximate surface area is 103 Å². The van der Waals surface area contributed by atoms with Gasteiger partial charge < -0.3 is 4.57 Å². The second-order valence-electron chi connectivity index (χ2n) is 3.08. The molecule has 0 fully saturated rings. The van der Waals surface area contributed by atoms with Gasteiger partial charge in [0, 0.05) is 32.1 Å². The van der Waals surface area contributed by atoms with Crippen LogP contribution in [0.5, 0.6) is 0 Å². The largest absolute Gasteiger partial charge is 0.317 e. The van der Waals surface area contributed by atoms with Crippen molar-refractivity contribution < 1.29 is 0 Å². The van der Waals surface area contributed by atoms with Crippen molar-refractivity contribution >= 4 is 49.3 Å². The van der Waals surface area contributed by atoms with Crippen molar-refractivity contribution in [2.75, 3.05) is 0 Å². The van der Waals surface area contributed by atoms with Gasteiger partial charge in [0.05, 0.1) is 0 Å². The maximum atomic E-state index is 11.7. The lowest BCUT2D eigenvalue weighted by Gasteiger charge is -2.04. The van der Waals surface area contributed by atoms with E-state index in [0.717, 1.165) is 18.8 Å². The summed E-state index contributed by atoms with van der Waals surface area (Å²) in [7, 11) is 1.77. The number of aryl methyl sites for hydroxylation is 1. The number of hydrogen-bond acceptors (Lipinski definition) is 1. The van der Waals surface area contributed by atoms with E-state index in [1.807, 2.05) is 24.4 Å². The molecule has 2 nitrogen and oxygen atoms in total. The number of hydrogen-bond donors (Lipinski definition) is 0. The molecule has 0 saturated heterocycles. The van der Waals surface area contributed by atoms with Crippen LogP contribution >= 0.6 is 38.5 Å². The molecule has 4 heteroatoms. The van der Waals surface area contributed by atoms with Crippen molar-refractivity contribution in [3.05, 3.63) is 42.8 Å². The molecule has 0 bridgehead atoms. The highest BCUT2D eigenvalue weighted by molar-refractivity contribution is 14.1. The molecule has 2 rings (SSSR count). The van der Waals surface area contributed by atoms with Gasteiger partial charge in [-0.25, -0.2) is 0 Å². The number of fused-ring (bicyclic) bond motifs is 1. The van der Waals surface area contributed by atoms with Gasteiger partial charge in [-0.1, -0.05) is 15.9 Å². The molecule has 0 atom stereocenters. The van der Waals surface area contributed by atoms with Gasteiger partial charge in [-0.3, -0.25) is 4.79 Å². The van der Waals surface area contributed by atoms with Crippen LogP contribution in [-0.2, 0) is 7.05 Å². The van der Waals surface area contributed by atoms with Gasteiger partial charge in [0.15, 0.2) is 0 Å². The van der Waals surface area contributed by atoms with E-state index >= 15 is 0 Å². The number of benzene rings is 1. The summed E-state index contributed by atoms with van der Waals surface area (Å²) in [4.78, 5) is 11.7. The molecule has 0 amide bonds. The van der Waals surface area contributed by atoms with Gasteiger partial charge in [0.1, 0.15) is 0 Å². The summed E-state index contributed by atoms with van der Waals surface area (Å²) in [5, 5.41) is 1.77. The first-order valence-corrected chi connectivity index (χ1v) is 5.91. The minimum atomic E-state index is 0.0490. The number of nitrogens with zero attached hydrogens (tertiary/aromatic N) is 1. The first-order valence-electron chi connectivity index (χ1n) is 4.04. The van der Waals surface area contributed by atoms with Crippen LogP contribution in [0.1, 0.15) is 0 Å². The molecular formula is C10H7BrINO. The van der Waals surface area contributed by atoms with Gasteiger partial charge in [-0.05, 0) is 40.8 Å². The second kappa shape index (κ2) is 3.66. The molecule has 0 aliphatic rings. The zero-order chi connectivity index (χ0) is 10.3. The van der Waals surface area contributed by atoms with Crippen molar-refractivity contribution in [1.82, 2.24) is 4.57 Å². The molecule has 72 valence electrons. The zero-order valence-corrected chi connectivity index (χ0v) is 11.2. The Morgan fingerprint density at radius 2 is 2.07 bits per heavy atom. The quantitative estimate of drug-likeness (QED) is 0.660. The Morgan fingerprint density at radius 1 is 1.36 bits per heavy atom. The van der Waals surface area contributed by atoms with Crippen molar-refractivity contribution in [3.63, 3.8) is 0 Å². The van der Waals surface area contributed by atoms with Crippen molar-refractivity contribution in [2.24, 2.45) is 7.05 Å². The number of halogens is 2. The van der Waals surface area contributed by atoms with Crippen LogP contribution in [0.3, 0.4) is 0 Å². The summed E-state index contributed by atoms with van der Waals surface area (Å²) in [6.45, 7) is 0. The topological polar surface area (TPSA) is 22.0 Å². The third-order valence-electron chi connectivity index (χ3n) is 2.10. The predicted octanol–water partition coefficient (Wildman–Crippen LogP) is 2.91. The van der Waals surface area contributed by atoms with Gasteiger partial charge in [0.25, 0.3) is 5.56 Å². The lowest BCUT2D eigenvalue weighted by molar-refractivity contribution is 0.868. The maximum Gasteiger partial charge on any atom is 0.258 e. The molecule has 1 heterocycles. The molecule has 1 aromatic heterocycles. The highest BCUT2D eigenvalue weighted by atomic mass is 127. The van der Waals surface area contributed by atoms with Crippen LogP contribution in [0, 0.1) is 3.57 Å². The van der Waals surface area contributed by atoms with Crippen LogP contribution < -0.4 is 5.56 Å². The predicted molar refractivity (Wildman–Crippen MR) is 69.6 cm³/mol. The standard InChI is InChI=1S/C10H7BrINO/c1-13-5-9(12)8-4-6(11)2-3-7(8)10(13)14/h2-5H,1H3. The normalized spacial score (nSPS) is 10.8. The first kappa shape index (κ1) is 10.2. The maximum absolute atomic E-state index is 11.7. The number of rotatable bonds is 0. The molecule has 0 aliphatic heterocycles. The molecule has 0 radical (unpaired) electrons. The van der Waals surface area contributed by atoms with Crippen LogP contribution in [0.2, 0.25) is 0 Å². The van der Waals surface area contributed by atoms with Crippen LogP contribution in [-0.4, -0.2) is 4.57 Å². The van der Waals surface area contributed by atoms with E-state index in [4.69, 9.17) is 0 Å². The van der Waals surface area contributed by atoms with E-state index in [2.05, 4.69) is 38.5 Å². The van der Waals surface area contributed by atoms with E-state index in [0.29, 0.717) is 0 Å². The lowest BCUT2D eigenvalue weighted by Crippen LogP contribution is -2.16. The zero-order valence-electron chi connectivity index (χ0n) is 7.42. The highest BCUT2D eigenvalue weighted by Gasteiger charge is 2.04. The van der Waals surface area contributed by atoms with Gasteiger partial charge >= 0.3 is 0 Å². The summed E-state index contributed by atoms with van der Waals surface area (Å²) in [5.74, 6) is 0. The average molecular weight is 364 g/mol. The van der Waals surface area contributed by atoms with Crippen LogP contribution in [0.25, 0.3) is 10.8 Å². The molecule has 2 aromatic rings. The number of aromatic nitrogens is 1. The Balaban J connectivity index is 3.02. The van der Waals surface area contributed by atoms with E-state index < -0.39 is 0 Å². The fourth-order valence-corrected chi connectivity index (χ4v) is 2.61. The third-order valence-corrected chi connectivity index (χ3v) is 3.45. The molecular weight excluding hydrogens is 357 g/mol. The summed E-state index contributed by atoms with van der Waals surface area (Å²) >= 11 is 5.63. The SMILES string of the molecule is Cn1cc(I)c2cc(Br)ccc2c1=O. The minimum absolute atomic E-state index is 0.0490. The Bertz CT molecular complexity index is 562. The monoisotopic (exact) mass is 363 g/mol. The molecule has 0 aliphatic carbocycles. The summed E-state index contributed by atoms with van der Waals surface area (Å²) < 4.78 is 3.69. The fourth-order valence-electron chi connectivity index (χ4n) is 1.39. The van der Waals surface area contributed by atoms with Gasteiger partial charge in [0.2, 0.25) is 0 Å². The molecule has 1 aromatic carbocycles. The van der Waals surface area contributed by atoms with Crippen LogP contribution in [0.4, 0.5) is 0 Å². The second-order valence-corrected chi connectivity index (χ2v) is 5.16. The Kier molecular flexibility index (Phi) is 2.66. The van der Waals surface area contributed by atoms with Crippen molar-refractivity contribution in [3.8, 4) is 0 Å². The first-order chi connectivity index (χ1) is 6.59. The van der Waals surface area contributed by atoms with Gasteiger partial charge in [-0.2, -0.15) is 0 Å². The smallest absolute Gasteiger partial charge is 0.258 e. The van der Waals surface area contributed by atoms with E-state index in [1.165, 1.54) is 0 Å². The molecule has 0 N–H and O–H groups in total. The third kappa shape index (κ3) is 1.61. The highest BCUT2D eigenvalue weighted by Crippen LogP contribution is 2.21. The van der Waals surface area contributed by atoms with Gasteiger partial charge in [-0.15, -0.1) is 0 Å². The lowest BCUT2D eigenvalue weighted by atomic mass is 10.2. The van der Waals surface area contributed by atoms with E-state index in [-0.39, 0.29) is 5.56 Å². The van der Waals surface area contributed by atoms with Crippen molar-refractivity contribution in [2.45, 2.75) is 0 Å². The molecule has 0 saturated carbocycles. The number of pyridine rings is 1. The molecule has 0 unspecified atom stereocenters. The van der Waals surface area contributed by atoms with Crippen molar-refractivity contribution in [1.29, 1.82) is 0 Å². The fraction of sp³-hybridized carbons (Fsp3) is 0.100. The van der Waals surface area contributed by atoms with E-state index in [1.54, 1.807) is 11.6 Å². The van der Waals surface area contributed by atoms with Crippen LogP contribution in [0.15, 0.2) is 33.7 Å². The summed E-state index contributed by atoms with van der Waals surface area (Å²) in [6, 6.07) is 5.71. The molecule has 14 heavy (non-hydrogen) atoms. The Hall–Kier alpha value is -0.360.